The molecular formula is C26H25N3O3S. The molecule has 1 aromatic heterocycles. The molecule has 1 heterocycles. The third kappa shape index (κ3) is 5.04. The lowest BCUT2D eigenvalue weighted by molar-refractivity contribution is 0.0977. The lowest BCUT2D eigenvalue weighted by atomic mass is 10.0. The number of anilines is 1. The normalized spacial score (nSPS) is 10.9. The molecule has 3 aromatic carbocycles. The Hall–Kier alpha value is -3.71. The minimum absolute atomic E-state index is 0.162. The monoisotopic (exact) mass is 459 g/mol. The Morgan fingerprint density at radius 2 is 1.82 bits per heavy atom. The number of hydrogen-bond donors (Lipinski definition) is 2. The molecule has 0 unspecified atom stereocenters. The number of carbonyl (C=O) groups is 1. The van der Waals surface area contributed by atoms with Crippen molar-refractivity contribution in [3.05, 3.63) is 77.4 Å². The molecule has 0 bridgehead atoms. The van der Waals surface area contributed by atoms with Crippen LogP contribution in [0.4, 0.5) is 5.69 Å². The van der Waals surface area contributed by atoms with E-state index in [9.17, 15) is 4.79 Å². The Balaban J connectivity index is 1.56. The molecule has 33 heavy (non-hydrogen) atoms. The third-order valence-electron chi connectivity index (χ3n) is 5.31. The van der Waals surface area contributed by atoms with E-state index in [0.29, 0.717) is 28.8 Å². The summed E-state index contributed by atoms with van der Waals surface area (Å²) in [6, 6.07) is 18.8. The van der Waals surface area contributed by atoms with Crippen LogP contribution >= 0.6 is 12.2 Å². The van der Waals surface area contributed by atoms with Gasteiger partial charge in [0.2, 0.25) is 5.89 Å². The fourth-order valence-electron chi connectivity index (χ4n) is 3.40. The first-order valence-electron chi connectivity index (χ1n) is 10.6. The molecule has 0 saturated carbocycles. The molecule has 0 saturated heterocycles. The van der Waals surface area contributed by atoms with Crippen LogP contribution in [-0.2, 0) is 0 Å². The zero-order chi connectivity index (χ0) is 23.5. The summed E-state index contributed by atoms with van der Waals surface area (Å²) in [5.41, 5.74) is 5.69. The average molecular weight is 460 g/mol. The molecule has 6 nitrogen and oxygen atoms in total. The number of benzene rings is 3. The van der Waals surface area contributed by atoms with Crippen LogP contribution in [0.3, 0.4) is 0 Å². The van der Waals surface area contributed by atoms with Gasteiger partial charge in [0.25, 0.3) is 5.91 Å². The molecule has 0 spiro atoms. The van der Waals surface area contributed by atoms with Gasteiger partial charge in [0, 0.05) is 11.1 Å². The summed E-state index contributed by atoms with van der Waals surface area (Å²) in [7, 11) is 1.57. The molecule has 168 valence electrons. The quantitative estimate of drug-likeness (QED) is 0.353. The van der Waals surface area contributed by atoms with Gasteiger partial charge in [-0.3, -0.25) is 10.1 Å². The lowest BCUT2D eigenvalue weighted by Gasteiger charge is -2.13. The maximum Gasteiger partial charge on any atom is 0.257 e. The number of amides is 1. The predicted octanol–water partition coefficient (Wildman–Crippen LogP) is 6.06. The van der Waals surface area contributed by atoms with Crippen molar-refractivity contribution >= 4 is 40.0 Å². The standard InChI is InChI=1S/C26H25N3O3S/c1-15(2)18-9-12-23-21(13-18)27-25(32-23)19-10-11-22(31-4)20(14-19)28-26(33)29-24(30)17-7-5-16(3)6-8-17/h5-15H,1-4H3,(H2,28,29,30,33). The summed E-state index contributed by atoms with van der Waals surface area (Å²) in [6.45, 7) is 6.25. The molecule has 0 fully saturated rings. The van der Waals surface area contributed by atoms with Crippen molar-refractivity contribution in [3.63, 3.8) is 0 Å². The molecule has 0 aliphatic heterocycles. The van der Waals surface area contributed by atoms with Gasteiger partial charge >= 0.3 is 0 Å². The van der Waals surface area contributed by atoms with Crippen molar-refractivity contribution in [1.82, 2.24) is 10.3 Å². The van der Waals surface area contributed by atoms with Gasteiger partial charge in [-0.05, 0) is 73.1 Å². The number of rotatable bonds is 5. The van der Waals surface area contributed by atoms with Gasteiger partial charge in [-0.2, -0.15) is 0 Å². The van der Waals surface area contributed by atoms with Crippen molar-refractivity contribution in [2.45, 2.75) is 26.7 Å². The summed E-state index contributed by atoms with van der Waals surface area (Å²) >= 11 is 5.36. The van der Waals surface area contributed by atoms with Gasteiger partial charge in [0.15, 0.2) is 10.7 Å². The first kappa shape index (κ1) is 22.5. The number of hydrogen-bond acceptors (Lipinski definition) is 5. The second kappa shape index (κ2) is 9.42. The number of aryl methyl sites for hydroxylation is 1. The van der Waals surface area contributed by atoms with E-state index < -0.39 is 0 Å². The Labute approximate surface area is 198 Å². The lowest BCUT2D eigenvalue weighted by Crippen LogP contribution is -2.34. The number of ether oxygens (including phenoxy) is 1. The average Bonchev–Trinajstić information content (AvgIpc) is 3.22. The second-order valence-corrected chi connectivity index (χ2v) is 8.50. The van der Waals surface area contributed by atoms with E-state index >= 15 is 0 Å². The van der Waals surface area contributed by atoms with E-state index in [0.717, 1.165) is 22.2 Å². The van der Waals surface area contributed by atoms with Crippen LogP contribution in [0.25, 0.3) is 22.6 Å². The SMILES string of the molecule is COc1ccc(-c2nc3cc(C(C)C)ccc3o2)cc1NC(=S)NC(=O)c1ccc(C)cc1. The highest BCUT2D eigenvalue weighted by Crippen LogP contribution is 2.32. The van der Waals surface area contributed by atoms with Crippen LogP contribution in [0.2, 0.25) is 0 Å². The highest BCUT2D eigenvalue weighted by molar-refractivity contribution is 7.80. The van der Waals surface area contributed by atoms with Crippen LogP contribution in [-0.4, -0.2) is 23.1 Å². The van der Waals surface area contributed by atoms with Crippen molar-refractivity contribution in [2.75, 3.05) is 12.4 Å². The van der Waals surface area contributed by atoms with Gasteiger partial charge in [0.05, 0.1) is 12.8 Å². The molecule has 4 aromatic rings. The maximum absolute atomic E-state index is 12.5. The Bertz CT molecular complexity index is 1330. The van der Waals surface area contributed by atoms with Crippen molar-refractivity contribution < 1.29 is 13.9 Å². The topological polar surface area (TPSA) is 76.4 Å². The highest BCUT2D eigenvalue weighted by atomic mass is 32.1. The second-order valence-electron chi connectivity index (χ2n) is 8.09. The molecule has 7 heteroatoms. The Morgan fingerprint density at radius 3 is 2.52 bits per heavy atom. The first-order chi connectivity index (χ1) is 15.8. The third-order valence-corrected chi connectivity index (χ3v) is 5.52. The van der Waals surface area contributed by atoms with Crippen LogP contribution in [0.5, 0.6) is 5.75 Å². The van der Waals surface area contributed by atoms with E-state index in [2.05, 4.69) is 35.5 Å². The Kier molecular flexibility index (Phi) is 6.42. The molecule has 1 amide bonds. The fraction of sp³-hybridized carbons (Fsp3) is 0.192. The summed E-state index contributed by atoms with van der Waals surface area (Å²) < 4.78 is 11.4. The number of oxazole rings is 1. The number of fused-ring (bicyclic) bond motifs is 1. The predicted molar refractivity (Wildman–Crippen MR) is 135 cm³/mol. The Morgan fingerprint density at radius 1 is 1.06 bits per heavy atom. The molecular weight excluding hydrogens is 434 g/mol. The van der Waals surface area contributed by atoms with Gasteiger partial charge in [0.1, 0.15) is 11.3 Å². The van der Waals surface area contributed by atoms with Crippen LogP contribution in [0.1, 0.15) is 41.3 Å². The van der Waals surface area contributed by atoms with E-state index in [1.165, 1.54) is 5.56 Å². The van der Waals surface area contributed by atoms with E-state index in [4.69, 9.17) is 21.4 Å². The van der Waals surface area contributed by atoms with Crippen molar-refractivity contribution in [1.29, 1.82) is 0 Å². The number of methoxy groups -OCH3 is 1. The van der Waals surface area contributed by atoms with Crippen LogP contribution in [0, 0.1) is 6.92 Å². The number of nitrogens with zero attached hydrogens (tertiary/aromatic N) is 1. The number of nitrogens with one attached hydrogen (secondary N) is 2. The molecule has 0 atom stereocenters. The van der Waals surface area contributed by atoms with Crippen LogP contribution < -0.4 is 15.4 Å². The van der Waals surface area contributed by atoms with E-state index in [1.807, 2.05) is 43.3 Å². The van der Waals surface area contributed by atoms with Gasteiger partial charge in [-0.1, -0.05) is 37.6 Å². The summed E-state index contributed by atoms with van der Waals surface area (Å²) in [5.74, 6) is 1.18. The van der Waals surface area contributed by atoms with Crippen molar-refractivity contribution in [2.24, 2.45) is 0 Å². The summed E-state index contributed by atoms with van der Waals surface area (Å²) in [6.07, 6.45) is 0. The number of thiocarbonyl (C=S) groups is 1. The molecule has 0 aliphatic carbocycles. The van der Waals surface area contributed by atoms with E-state index in [-0.39, 0.29) is 11.0 Å². The molecule has 4 rings (SSSR count). The van der Waals surface area contributed by atoms with E-state index in [1.54, 1.807) is 25.3 Å². The smallest absolute Gasteiger partial charge is 0.257 e. The summed E-state index contributed by atoms with van der Waals surface area (Å²) in [5, 5.41) is 5.91. The zero-order valence-corrected chi connectivity index (χ0v) is 19.7. The maximum atomic E-state index is 12.5. The molecule has 2 N–H and O–H groups in total. The fourth-order valence-corrected chi connectivity index (χ4v) is 3.60. The highest BCUT2D eigenvalue weighted by Gasteiger charge is 2.14. The minimum Gasteiger partial charge on any atom is -0.495 e. The summed E-state index contributed by atoms with van der Waals surface area (Å²) in [4.78, 5) is 17.1. The number of carbonyl (C=O) groups excluding carboxylic acids is 1. The molecule has 0 aliphatic rings. The van der Waals surface area contributed by atoms with Crippen LogP contribution in [0.15, 0.2) is 65.1 Å². The van der Waals surface area contributed by atoms with Gasteiger partial charge in [-0.15, -0.1) is 0 Å². The first-order valence-corrected chi connectivity index (χ1v) is 11.0. The number of aromatic nitrogens is 1. The van der Waals surface area contributed by atoms with Crippen molar-refractivity contribution in [3.8, 4) is 17.2 Å². The zero-order valence-electron chi connectivity index (χ0n) is 18.9. The van der Waals surface area contributed by atoms with Gasteiger partial charge < -0.3 is 14.5 Å². The van der Waals surface area contributed by atoms with Gasteiger partial charge in [-0.25, -0.2) is 4.98 Å². The largest absolute Gasteiger partial charge is 0.495 e. The molecule has 0 radical (unpaired) electrons. The minimum atomic E-state index is -0.289.